The maximum Gasteiger partial charge on any atom is 0.0474 e. The highest BCUT2D eigenvalue weighted by Crippen LogP contribution is 2.49. The second-order valence-corrected chi connectivity index (χ2v) is 10.5. The Bertz CT molecular complexity index is 1480. The van der Waals surface area contributed by atoms with Gasteiger partial charge in [-0.2, -0.15) is 0 Å². The molecule has 1 saturated carbocycles. The van der Waals surface area contributed by atoms with Crippen molar-refractivity contribution in [2.45, 2.75) is 43.9 Å². The van der Waals surface area contributed by atoms with E-state index in [4.69, 9.17) is 0 Å². The Kier molecular flexibility index (Phi) is 5.35. The number of para-hydroxylation sites is 2. The first-order chi connectivity index (χ1) is 17.8. The Labute approximate surface area is 214 Å². The van der Waals surface area contributed by atoms with Gasteiger partial charge in [-0.1, -0.05) is 85.3 Å². The van der Waals surface area contributed by atoms with Crippen LogP contribution in [0.2, 0.25) is 0 Å². The van der Waals surface area contributed by atoms with Crippen LogP contribution in [0.15, 0.2) is 115 Å². The van der Waals surface area contributed by atoms with E-state index in [1.165, 1.54) is 71.1 Å². The third-order valence-electron chi connectivity index (χ3n) is 8.38. The van der Waals surface area contributed by atoms with Gasteiger partial charge in [-0.05, 0) is 107 Å². The standard InChI is InChI=1S/C35H31N/c1-3-13-29(14-4-1)36(30-15-5-2-6-16-30)31-22-27-10-7-8-17-32(27)35(24-31)28-20-21-33-25-11-9-12-26(19-18-25)34(33)23-28/h1-8,10,13-17,20-26H,9,11-12,18-19H2. The van der Waals surface area contributed by atoms with Gasteiger partial charge >= 0.3 is 0 Å². The number of fused-ring (bicyclic) bond motifs is 4. The van der Waals surface area contributed by atoms with Gasteiger partial charge in [0.1, 0.15) is 0 Å². The first-order valence-corrected chi connectivity index (χ1v) is 13.4. The molecular weight excluding hydrogens is 434 g/mol. The molecule has 36 heavy (non-hydrogen) atoms. The Morgan fingerprint density at radius 2 is 1.14 bits per heavy atom. The second kappa shape index (κ2) is 8.99. The van der Waals surface area contributed by atoms with Crippen LogP contribution in [0.1, 0.15) is 55.1 Å². The minimum absolute atomic E-state index is 0.735. The SMILES string of the molecule is c1ccc(N(c2ccccc2)c2cc(-c3ccc4c(c3)C3CCCC4CC3)c3ccccc3c2)cc1. The van der Waals surface area contributed by atoms with E-state index in [0.717, 1.165) is 11.8 Å². The molecule has 0 saturated heterocycles. The normalized spacial score (nSPS) is 18.6. The number of rotatable bonds is 4. The van der Waals surface area contributed by atoms with Crippen molar-refractivity contribution < 1.29 is 0 Å². The molecule has 2 bridgehead atoms. The van der Waals surface area contributed by atoms with Gasteiger partial charge in [0.25, 0.3) is 0 Å². The summed E-state index contributed by atoms with van der Waals surface area (Å²) < 4.78 is 0. The van der Waals surface area contributed by atoms with E-state index >= 15 is 0 Å². The van der Waals surface area contributed by atoms with Crippen LogP contribution in [-0.4, -0.2) is 0 Å². The van der Waals surface area contributed by atoms with Crippen molar-refractivity contribution in [3.63, 3.8) is 0 Å². The Morgan fingerprint density at radius 1 is 0.500 bits per heavy atom. The zero-order valence-electron chi connectivity index (χ0n) is 20.6. The summed E-state index contributed by atoms with van der Waals surface area (Å²) in [4.78, 5) is 2.38. The van der Waals surface area contributed by atoms with Crippen LogP contribution >= 0.6 is 0 Å². The second-order valence-electron chi connectivity index (χ2n) is 10.5. The summed E-state index contributed by atoms with van der Waals surface area (Å²) in [5.74, 6) is 1.50. The average Bonchev–Trinajstić information content (AvgIpc) is 3.29. The van der Waals surface area contributed by atoms with Crippen molar-refractivity contribution in [3.05, 3.63) is 126 Å². The smallest absolute Gasteiger partial charge is 0.0474 e. The van der Waals surface area contributed by atoms with E-state index in [1.807, 2.05) is 0 Å². The lowest BCUT2D eigenvalue weighted by atomic mass is 9.77. The summed E-state index contributed by atoms with van der Waals surface area (Å²) in [7, 11) is 0. The fourth-order valence-corrected chi connectivity index (χ4v) is 6.66. The third-order valence-corrected chi connectivity index (χ3v) is 8.38. The largest absolute Gasteiger partial charge is 0.310 e. The molecule has 3 aliphatic rings. The predicted molar refractivity (Wildman–Crippen MR) is 153 cm³/mol. The average molecular weight is 466 g/mol. The van der Waals surface area contributed by atoms with Crippen LogP contribution in [0.25, 0.3) is 21.9 Å². The van der Waals surface area contributed by atoms with Crippen LogP contribution in [-0.2, 0) is 0 Å². The van der Waals surface area contributed by atoms with Crippen LogP contribution in [0.4, 0.5) is 17.1 Å². The first kappa shape index (κ1) is 21.4. The van der Waals surface area contributed by atoms with E-state index in [2.05, 4.69) is 120 Å². The molecule has 8 rings (SSSR count). The molecule has 5 aromatic rings. The maximum atomic E-state index is 2.54. The van der Waals surface area contributed by atoms with Crippen LogP contribution in [0.5, 0.6) is 0 Å². The maximum absolute atomic E-state index is 2.54. The fraction of sp³-hybridized carbons (Fsp3) is 0.200. The molecule has 0 N–H and O–H groups in total. The number of hydrogen-bond acceptors (Lipinski definition) is 1. The summed E-state index contributed by atoms with van der Waals surface area (Å²) in [5, 5.41) is 2.60. The number of nitrogens with zero attached hydrogens (tertiary/aromatic N) is 1. The van der Waals surface area contributed by atoms with E-state index in [1.54, 1.807) is 11.1 Å². The van der Waals surface area contributed by atoms with E-state index < -0.39 is 0 Å². The van der Waals surface area contributed by atoms with Crippen molar-refractivity contribution in [2.24, 2.45) is 0 Å². The molecule has 1 nitrogen and oxygen atoms in total. The highest BCUT2D eigenvalue weighted by molar-refractivity contribution is 6.01. The monoisotopic (exact) mass is 465 g/mol. The summed E-state index contributed by atoms with van der Waals surface area (Å²) in [6, 6.07) is 42.4. The van der Waals surface area contributed by atoms with Crippen molar-refractivity contribution in [1.29, 1.82) is 0 Å². The van der Waals surface area contributed by atoms with Crippen molar-refractivity contribution in [1.82, 2.24) is 0 Å². The molecule has 2 atom stereocenters. The summed E-state index contributed by atoms with van der Waals surface area (Å²) in [6.07, 6.45) is 6.82. The summed E-state index contributed by atoms with van der Waals surface area (Å²) >= 11 is 0. The molecule has 3 aliphatic carbocycles. The molecule has 5 aromatic carbocycles. The van der Waals surface area contributed by atoms with Crippen molar-refractivity contribution in [2.75, 3.05) is 4.90 Å². The van der Waals surface area contributed by atoms with Gasteiger partial charge in [0.2, 0.25) is 0 Å². The van der Waals surface area contributed by atoms with Gasteiger partial charge < -0.3 is 4.90 Å². The Balaban J connectivity index is 1.44. The van der Waals surface area contributed by atoms with E-state index in [-0.39, 0.29) is 0 Å². The summed E-state index contributed by atoms with van der Waals surface area (Å²) in [5.41, 5.74) is 9.45. The lowest BCUT2D eigenvalue weighted by Gasteiger charge is -2.29. The summed E-state index contributed by atoms with van der Waals surface area (Å²) in [6.45, 7) is 0. The Morgan fingerprint density at radius 3 is 1.86 bits per heavy atom. The zero-order chi connectivity index (χ0) is 23.9. The highest BCUT2D eigenvalue weighted by Gasteiger charge is 2.30. The molecule has 0 aromatic heterocycles. The molecule has 0 radical (unpaired) electrons. The minimum Gasteiger partial charge on any atom is -0.310 e. The molecule has 0 amide bonds. The van der Waals surface area contributed by atoms with Crippen LogP contribution in [0.3, 0.4) is 0 Å². The van der Waals surface area contributed by atoms with Crippen molar-refractivity contribution in [3.8, 4) is 11.1 Å². The third kappa shape index (κ3) is 3.71. The Hall–Kier alpha value is -3.84. The molecule has 1 heteroatoms. The predicted octanol–water partition coefficient (Wildman–Crippen LogP) is 10.1. The van der Waals surface area contributed by atoms with Gasteiger partial charge in [0.05, 0.1) is 0 Å². The molecule has 2 unspecified atom stereocenters. The van der Waals surface area contributed by atoms with Crippen LogP contribution in [0, 0.1) is 0 Å². The fourth-order valence-electron chi connectivity index (χ4n) is 6.66. The molecular formula is C35H31N. The van der Waals surface area contributed by atoms with E-state index in [9.17, 15) is 0 Å². The van der Waals surface area contributed by atoms with E-state index in [0.29, 0.717) is 0 Å². The van der Waals surface area contributed by atoms with Crippen molar-refractivity contribution >= 4 is 27.8 Å². The van der Waals surface area contributed by atoms with Gasteiger partial charge in [0, 0.05) is 17.1 Å². The zero-order valence-corrected chi connectivity index (χ0v) is 20.6. The molecule has 1 fully saturated rings. The quantitative estimate of drug-likeness (QED) is 0.255. The minimum atomic E-state index is 0.735. The first-order valence-electron chi connectivity index (χ1n) is 13.4. The van der Waals surface area contributed by atoms with Crippen LogP contribution < -0.4 is 4.90 Å². The molecule has 0 spiro atoms. The lowest BCUT2D eigenvalue weighted by molar-refractivity contribution is 0.527. The number of benzene rings is 5. The number of anilines is 3. The molecule has 0 aliphatic heterocycles. The molecule has 0 heterocycles. The van der Waals surface area contributed by atoms with Gasteiger partial charge in [-0.15, -0.1) is 0 Å². The lowest BCUT2D eigenvalue weighted by Crippen LogP contribution is -2.11. The topological polar surface area (TPSA) is 3.24 Å². The molecule has 176 valence electrons. The highest BCUT2D eigenvalue weighted by atomic mass is 15.1. The number of hydrogen-bond donors (Lipinski definition) is 0. The van der Waals surface area contributed by atoms with Gasteiger partial charge in [0.15, 0.2) is 0 Å². The van der Waals surface area contributed by atoms with Gasteiger partial charge in [-0.25, -0.2) is 0 Å². The van der Waals surface area contributed by atoms with Gasteiger partial charge in [-0.3, -0.25) is 0 Å².